The zero-order chi connectivity index (χ0) is 18.8. The molecule has 0 aliphatic rings. The van der Waals surface area contributed by atoms with Crippen molar-refractivity contribution in [3.8, 4) is 0 Å². The highest BCUT2D eigenvalue weighted by molar-refractivity contribution is 6.71. The second-order valence-corrected chi connectivity index (χ2v) is 17.0. The van der Waals surface area contributed by atoms with Crippen molar-refractivity contribution in [2.45, 2.75) is 64.1 Å². The normalized spacial score (nSPS) is 12.9. The molecular weight excluding hydrogens is 346 g/mol. The van der Waals surface area contributed by atoms with E-state index in [-0.39, 0.29) is 0 Å². The smallest absolute Gasteiger partial charge is 0.186 e. The Labute approximate surface area is 157 Å². The molecule has 0 N–H and O–H groups in total. The number of rotatable bonds is 14. The molecule has 0 unspecified atom stereocenters. The van der Waals surface area contributed by atoms with Gasteiger partial charge in [-0.1, -0.05) is 0 Å². The molecule has 0 saturated carbocycles. The molecule has 1 heterocycles. The van der Waals surface area contributed by atoms with Crippen molar-refractivity contribution in [2.75, 3.05) is 33.9 Å². The SMILES string of the molecule is CO[Si](C)(C)CCCN(CCCn1ccnc1)CCC[Si](C)(C)OC. The predicted molar refractivity (Wildman–Crippen MR) is 111 cm³/mol. The quantitative estimate of drug-likeness (QED) is 0.453. The minimum atomic E-state index is -1.44. The van der Waals surface area contributed by atoms with Gasteiger partial charge in [-0.3, -0.25) is 0 Å². The van der Waals surface area contributed by atoms with Crippen molar-refractivity contribution in [1.82, 2.24) is 14.5 Å². The van der Waals surface area contributed by atoms with E-state index < -0.39 is 16.6 Å². The molecule has 0 spiro atoms. The Morgan fingerprint density at radius 1 is 0.880 bits per heavy atom. The molecule has 0 aliphatic carbocycles. The largest absolute Gasteiger partial charge is 0.420 e. The van der Waals surface area contributed by atoms with E-state index in [9.17, 15) is 0 Å². The van der Waals surface area contributed by atoms with Crippen molar-refractivity contribution in [3.63, 3.8) is 0 Å². The predicted octanol–water partition coefficient (Wildman–Crippen LogP) is 4.06. The Kier molecular flexibility index (Phi) is 10.2. The average molecular weight is 386 g/mol. The lowest BCUT2D eigenvalue weighted by Gasteiger charge is -2.27. The molecule has 0 amide bonds. The minimum Gasteiger partial charge on any atom is -0.420 e. The van der Waals surface area contributed by atoms with Crippen LogP contribution in [0, 0.1) is 0 Å². The second kappa shape index (κ2) is 11.3. The molecule has 5 nitrogen and oxygen atoms in total. The van der Waals surface area contributed by atoms with Gasteiger partial charge in [-0.15, -0.1) is 0 Å². The van der Waals surface area contributed by atoms with Gasteiger partial charge in [0.15, 0.2) is 16.6 Å². The van der Waals surface area contributed by atoms with Gasteiger partial charge < -0.3 is 18.3 Å². The maximum Gasteiger partial charge on any atom is 0.186 e. The van der Waals surface area contributed by atoms with Gasteiger partial charge in [-0.05, 0) is 77.2 Å². The van der Waals surface area contributed by atoms with Gasteiger partial charge in [-0.2, -0.15) is 0 Å². The van der Waals surface area contributed by atoms with Crippen molar-refractivity contribution in [2.24, 2.45) is 0 Å². The van der Waals surface area contributed by atoms with Crippen LogP contribution in [0.3, 0.4) is 0 Å². The molecule has 0 atom stereocenters. The van der Waals surface area contributed by atoms with Crippen molar-refractivity contribution >= 4 is 16.6 Å². The fourth-order valence-corrected chi connectivity index (χ4v) is 5.32. The lowest BCUT2D eigenvalue weighted by Crippen LogP contribution is -2.34. The van der Waals surface area contributed by atoms with Gasteiger partial charge in [0.25, 0.3) is 0 Å². The highest BCUT2D eigenvalue weighted by atomic mass is 28.4. The van der Waals surface area contributed by atoms with E-state index in [1.54, 1.807) is 0 Å². The summed E-state index contributed by atoms with van der Waals surface area (Å²) in [5, 5.41) is 0. The molecular formula is C18H39N3O2Si2. The fraction of sp³-hybridized carbons (Fsp3) is 0.833. The van der Waals surface area contributed by atoms with E-state index in [2.05, 4.69) is 40.6 Å². The van der Waals surface area contributed by atoms with Crippen LogP contribution in [0.2, 0.25) is 38.3 Å². The van der Waals surface area contributed by atoms with Crippen LogP contribution in [-0.4, -0.2) is 64.9 Å². The first-order valence-corrected chi connectivity index (χ1v) is 15.8. The summed E-state index contributed by atoms with van der Waals surface area (Å²) in [4.78, 5) is 6.76. The van der Waals surface area contributed by atoms with Crippen molar-refractivity contribution < 1.29 is 8.85 Å². The molecule has 0 aromatic carbocycles. The molecule has 7 heteroatoms. The highest BCUT2D eigenvalue weighted by Gasteiger charge is 2.22. The lowest BCUT2D eigenvalue weighted by molar-refractivity contribution is 0.262. The number of hydrogen-bond donors (Lipinski definition) is 0. The van der Waals surface area contributed by atoms with Gasteiger partial charge in [0.05, 0.1) is 6.33 Å². The molecule has 25 heavy (non-hydrogen) atoms. The Bertz CT molecular complexity index is 431. The summed E-state index contributed by atoms with van der Waals surface area (Å²) in [5.74, 6) is 0. The summed E-state index contributed by atoms with van der Waals surface area (Å²) in [7, 11) is 0.859. The summed E-state index contributed by atoms with van der Waals surface area (Å²) >= 11 is 0. The van der Waals surface area contributed by atoms with Crippen molar-refractivity contribution in [1.29, 1.82) is 0 Å². The zero-order valence-electron chi connectivity index (χ0n) is 17.3. The van der Waals surface area contributed by atoms with Gasteiger partial charge in [0.2, 0.25) is 0 Å². The Hall–Kier alpha value is -0.476. The monoisotopic (exact) mass is 385 g/mol. The molecule has 146 valence electrons. The first-order valence-electron chi connectivity index (χ1n) is 9.56. The van der Waals surface area contributed by atoms with Crippen LogP contribution in [0.5, 0.6) is 0 Å². The molecule has 0 aliphatic heterocycles. The van der Waals surface area contributed by atoms with Gasteiger partial charge >= 0.3 is 0 Å². The van der Waals surface area contributed by atoms with Crippen LogP contribution in [0.15, 0.2) is 18.7 Å². The van der Waals surface area contributed by atoms with E-state index in [4.69, 9.17) is 8.85 Å². The maximum absolute atomic E-state index is 5.69. The van der Waals surface area contributed by atoms with E-state index in [1.807, 2.05) is 32.9 Å². The molecule has 0 radical (unpaired) electrons. The first kappa shape index (κ1) is 22.6. The molecule has 0 fully saturated rings. The van der Waals surface area contributed by atoms with E-state index >= 15 is 0 Å². The molecule has 1 rings (SSSR count). The van der Waals surface area contributed by atoms with Crippen LogP contribution in [0.25, 0.3) is 0 Å². The summed E-state index contributed by atoms with van der Waals surface area (Å²) in [6, 6.07) is 2.47. The molecule has 1 aromatic rings. The van der Waals surface area contributed by atoms with Crippen LogP contribution in [0.1, 0.15) is 19.3 Å². The van der Waals surface area contributed by atoms with Crippen LogP contribution >= 0.6 is 0 Å². The third-order valence-corrected chi connectivity index (χ3v) is 10.4. The van der Waals surface area contributed by atoms with E-state index in [0.29, 0.717) is 0 Å². The number of hydrogen-bond acceptors (Lipinski definition) is 4. The van der Waals surface area contributed by atoms with Crippen LogP contribution in [-0.2, 0) is 15.4 Å². The standard InChI is InChI=1S/C18H39N3O2Si2/c1-22-24(3,4)16-8-13-20(14-9-17-25(5,6)23-2)11-7-12-21-15-10-19-18-21/h10,15,18H,7-9,11-14,16-17H2,1-6H3. The minimum absolute atomic E-state index is 1.05. The topological polar surface area (TPSA) is 39.5 Å². The van der Waals surface area contributed by atoms with Crippen LogP contribution in [0.4, 0.5) is 0 Å². The third-order valence-electron chi connectivity index (χ3n) is 5.06. The Morgan fingerprint density at radius 2 is 1.40 bits per heavy atom. The summed E-state index contributed by atoms with van der Waals surface area (Å²) in [5.41, 5.74) is 0. The maximum atomic E-state index is 5.69. The lowest BCUT2D eigenvalue weighted by atomic mass is 10.3. The second-order valence-electron chi connectivity index (χ2n) is 8.13. The zero-order valence-corrected chi connectivity index (χ0v) is 19.3. The van der Waals surface area contributed by atoms with E-state index in [0.717, 1.165) is 13.1 Å². The first-order chi connectivity index (χ1) is 11.8. The Balaban J connectivity index is 2.39. The average Bonchev–Trinajstić information content (AvgIpc) is 3.07. The molecule has 1 aromatic heterocycles. The van der Waals surface area contributed by atoms with Gasteiger partial charge in [0.1, 0.15) is 0 Å². The highest BCUT2D eigenvalue weighted by Crippen LogP contribution is 2.15. The number of nitrogens with zero attached hydrogens (tertiary/aromatic N) is 3. The van der Waals surface area contributed by atoms with Gasteiger partial charge in [-0.25, -0.2) is 4.98 Å². The molecule has 0 bridgehead atoms. The summed E-state index contributed by atoms with van der Waals surface area (Å²) in [6.45, 7) is 13.8. The van der Waals surface area contributed by atoms with Crippen molar-refractivity contribution in [3.05, 3.63) is 18.7 Å². The summed E-state index contributed by atoms with van der Waals surface area (Å²) in [6.07, 6.45) is 9.46. The van der Waals surface area contributed by atoms with E-state index in [1.165, 1.54) is 44.4 Å². The fourth-order valence-electron chi connectivity index (χ4n) is 2.89. The molecule has 0 saturated heterocycles. The van der Waals surface area contributed by atoms with Gasteiger partial charge in [0, 0.05) is 33.2 Å². The summed E-state index contributed by atoms with van der Waals surface area (Å²) < 4.78 is 13.5. The number of aromatic nitrogens is 2. The number of aryl methyl sites for hydroxylation is 1. The number of imidazole rings is 1. The Morgan fingerprint density at radius 3 is 1.84 bits per heavy atom. The third kappa shape index (κ3) is 10.3. The van der Waals surface area contributed by atoms with Crippen LogP contribution < -0.4 is 0 Å².